The first-order chi connectivity index (χ1) is 6.65. The van der Waals surface area contributed by atoms with Crippen molar-refractivity contribution >= 4 is 17.6 Å². The van der Waals surface area contributed by atoms with Crippen LogP contribution in [0.15, 0.2) is 12.2 Å². The second-order valence-corrected chi connectivity index (χ2v) is 3.58. The third-order valence-corrected chi connectivity index (χ3v) is 2.79. The van der Waals surface area contributed by atoms with Crippen LogP contribution in [0.4, 0.5) is 0 Å². The number of imide groups is 1. The summed E-state index contributed by atoms with van der Waals surface area (Å²) in [4.78, 5) is 35.6. The van der Waals surface area contributed by atoms with Crippen LogP contribution < -0.4 is 0 Å². The maximum Gasteiger partial charge on any atom is 0.236 e. The molecule has 0 spiro atoms. The van der Waals surface area contributed by atoms with E-state index in [1.165, 1.54) is 11.0 Å². The molecule has 74 valence electrons. The zero-order valence-electron chi connectivity index (χ0n) is 7.90. The zero-order valence-corrected chi connectivity index (χ0v) is 7.90. The van der Waals surface area contributed by atoms with Gasteiger partial charge in [-0.3, -0.25) is 19.3 Å². The number of carbonyl (C=O) groups is 3. The van der Waals surface area contributed by atoms with E-state index in [0.717, 1.165) is 0 Å². The molecular weight excluding hydrogens is 182 g/mol. The van der Waals surface area contributed by atoms with Crippen LogP contribution in [0.3, 0.4) is 0 Å². The number of amides is 2. The molecule has 1 saturated heterocycles. The van der Waals surface area contributed by atoms with Crippen molar-refractivity contribution in [3.05, 3.63) is 12.2 Å². The summed E-state index contributed by atoms with van der Waals surface area (Å²) < 4.78 is 0. The molecule has 4 nitrogen and oxygen atoms in total. The fourth-order valence-corrected chi connectivity index (χ4v) is 2.05. The van der Waals surface area contributed by atoms with Crippen LogP contribution in [-0.2, 0) is 14.4 Å². The Kier molecular flexibility index (Phi) is 1.98. The molecule has 0 radical (unpaired) electrons. The molecule has 0 N–H and O–H groups in total. The van der Waals surface area contributed by atoms with E-state index in [2.05, 4.69) is 0 Å². The largest absolute Gasteiger partial charge is 0.295 e. The molecule has 0 aromatic rings. The molecule has 4 heteroatoms. The number of likely N-dealkylation sites (tertiary alicyclic amines) is 1. The number of allylic oxidation sites excluding steroid dienone is 1. The molecule has 0 saturated carbocycles. The lowest BCUT2D eigenvalue weighted by Crippen LogP contribution is -2.30. The molecule has 1 fully saturated rings. The summed E-state index contributed by atoms with van der Waals surface area (Å²) in [6.07, 6.45) is 3.15. The van der Waals surface area contributed by atoms with E-state index in [1.54, 1.807) is 13.0 Å². The number of hydrogen-bond acceptors (Lipinski definition) is 3. The Morgan fingerprint density at radius 3 is 2.71 bits per heavy atom. The van der Waals surface area contributed by atoms with Crippen LogP contribution in [-0.4, -0.2) is 29.0 Å². The topological polar surface area (TPSA) is 54.5 Å². The van der Waals surface area contributed by atoms with E-state index < -0.39 is 5.92 Å². The van der Waals surface area contributed by atoms with Crippen molar-refractivity contribution < 1.29 is 14.4 Å². The second-order valence-electron chi connectivity index (χ2n) is 3.58. The van der Waals surface area contributed by atoms with E-state index in [9.17, 15) is 14.4 Å². The summed E-state index contributed by atoms with van der Waals surface area (Å²) in [6, 6.07) is 0. The molecule has 0 aromatic carbocycles. The smallest absolute Gasteiger partial charge is 0.236 e. The molecule has 2 rings (SSSR count). The number of hydrogen-bond donors (Lipinski definition) is 0. The van der Waals surface area contributed by atoms with E-state index in [-0.39, 0.29) is 29.9 Å². The minimum Gasteiger partial charge on any atom is -0.295 e. The lowest BCUT2D eigenvalue weighted by atomic mass is 9.85. The van der Waals surface area contributed by atoms with Crippen molar-refractivity contribution in [3.63, 3.8) is 0 Å². The van der Waals surface area contributed by atoms with Crippen LogP contribution >= 0.6 is 0 Å². The highest BCUT2D eigenvalue weighted by Gasteiger charge is 2.47. The molecule has 1 aliphatic heterocycles. The van der Waals surface area contributed by atoms with Crippen LogP contribution in [0.1, 0.15) is 13.3 Å². The van der Waals surface area contributed by atoms with Gasteiger partial charge in [-0.2, -0.15) is 0 Å². The summed E-state index contributed by atoms with van der Waals surface area (Å²) in [6.45, 7) is 2.16. The van der Waals surface area contributed by atoms with Crippen LogP contribution in [0.25, 0.3) is 0 Å². The molecule has 2 aliphatic rings. The van der Waals surface area contributed by atoms with Crippen molar-refractivity contribution in [2.75, 3.05) is 6.54 Å². The molecule has 0 bridgehead atoms. The van der Waals surface area contributed by atoms with Crippen molar-refractivity contribution in [3.8, 4) is 0 Å². The molecule has 0 aromatic heterocycles. The highest BCUT2D eigenvalue weighted by atomic mass is 16.2. The summed E-state index contributed by atoms with van der Waals surface area (Å²) in [5, 5.41) is 0. The van der Waals surface area contributed by atoms with Gasteiger partial charge in [0, 0.05) is 13.0 Å². The summed E-state index contributed by atoms with van der Waals surface area (Å²) in [5.74, 6) is -1.24. The third-order valence-electron chi connectivity index (χ3n) is 2.79. The van der Waals surface area contributed by atoms with Gasteiger partial charge in [0.15, 0.2) is 5.78 Å². The van der Waals surface area contributed by atoms with Crippen molar-refractivity contribution in [2.24, 2.45) is 11.8 Å². The van der Waals surface area contributed by atoms with Gasteiger partial charge >= 0.3 is 0 Å². The SMILES string of the molecule is CCN1C(=O)C2C=CC(=O)CC2C1=O. The lowest BCUT2D eigenvalue weighted by molar-refractivity contribution is -0.139. The number of rotatable bonds is 1. The van der Waals surface area contributed by atoms with E-state index in [4.69, 9.17) is 0 Å². The minimum atomic E-state index is -0.431. The Labute approximate surface area is 81.6 Å². The minimum absolute atomic E-state index is 0.0645. The average molecular weight is 193 g/mol. The van der Waals surface area contributed by atoms with Gasteiger partial charge in [-0.15, -0.1) is 0 Å². The molecular formula is C10H11NO3. The first-order valence-corrected chi connectivity index (χ1v) is 4.71. The molecule has 1 aliphatic carbocycles. The average Bonchev–Trinajstić information content (AvgIpc) is 2.39. The number of carbonyl (C=O) groups excluding carboxylic acids is 3. The normalized spacial score (nSPS) is 31.2. The molecule has 14 heavy (non-hydrogen) atoms. The van der Waals surface area contributed by atoms with Crippen LogP contribution in [0.2, 0.25) is 0 Å². The molecule has 2 atom stereocenters. The number of nitrogens with zero attached hydrogens (tertiary/aromatic N) is 1. The van der Waals surface area contributed by atoms with Gasteiger partial charge in [-0.05, 0) is 13.0 Å². The Balaban J connectivity index is 2.34. The first kappa shape index (κ1) is 9.12. The van der Waals surface area contributed by atoms with E-state index in [0.29, 0.717) is 6.54 Å². The molecule has 2 unspecified atom stereocenters. The standard InChI is InChI=1S/C10H11NO3/c1-2-11-9(13)7-4-3-6(12)5-8(7)10(11)14/h3-4,7-8H,2,5H2,1H3. The quantitative estimate of drug-likeness (QED) is 0.556. The van der Waals surface area contributed by atoms with Crippen LogP contribution in [0, 0.1) is 11.8 Å². The Hall–Kier alpha value is -1.45. The van der Waals surface area contributed by atoms with Crippen molar-refractivity contribution in [1.82, 2.24) is 4.90 Å². The van der Waals surface area contributed by atoms with Gasteiger partial charge in [-0.1, -0.05) is 6.08 Å². The van der Waals surface area contributed by atoms with Crippen molar-refractivity contribution in [1.29, 1.82) is 0 Å². The lowest BCUT2D eigenvalue weighted by Gasteiger charge is -2.13. The summed E-state index contributed by atoms with van der Waals surface area (Å²) >= 11 is 0. The maximum atomic E-state index is 11.6. The second kappa shape index (κ2) is 3.04. The third kappa shape index (κ3) is 1.10. The summed E-state index contributed by atoms with van der Waals surface area (Å²) in [7, 11) is 0. The predicted octanol–water partition coefficient (Wildman–Crippen LogP) is 0.137. The Morgan fingerprint density at radius 2 is 2.07 bits per heavy atom. The van der Waals surface area contributed by atoms with Gasteiger partial charge in [0.1, 0.15) is 0 Å². The first-order valence-electron chi connectivity index (χ1n) is 4.71. The zero-order chi connectivity index (χ0) is 10.3. The van der Waals surface area contributed by atoms with Gasteiger partial charge in [0.2, 0.25) is 11.8 Å². The van der Waals surface area contributed by atoms with E-state index in [1.807, 2.05) is 0 Å². The highest BCUT2D eigenvalue weighted by Crippen LogP contribution is 2.32. The van der Waals surface area contributed by atoms with Gasteiger partial charge in [0.05, 0.1) is 11.8 Å². The number of fused-ring (bicyclic) bond motifs is 1. The summed E-state index contributed by atoms with van der Waals surface area (Å²) in [5.41, 5.74) is 0. The molecule has 2 amide bonds. The fourth-order valence-electron chi connectivity index (χ4n) is 2.05. The van der Waals surface area contributed by atoms with Gasteiger partial charge in [-0.25, -0.2) is 0 Å². The monoisotopic (exact) mass is 193 g/mol. The van der Waals surface area contributed by atoms with E-state index >= 15 is 0 Å². The Morgan fingerprint density at radius 1 is 1.36 bits per heavy atom. The van der Waals surface area contributed by atoms with Gasteiger partial charge in [0.25, 0.3) is 0 Å². The highest BCUT2D eigenvalue weighted by molar-refractivity contribution is 6.09. The predicted molar refractivity (Wildman–Crippen MR) is 48.1 cm³/mol. The van der Waals surface area contributed by atoms with Crippen molar-refractivity contribution in [2.45, 2.75) is 13.3 Å². The fraction of sp³-hybridized carbons (Fsp3) is 0.500. The number of ketones is 1. The van der Waals surface area contributed by atoms with Gasteiger partial charge < -0.3 is 0 Å². The Bertz CT molecular complexity index is 345. The molecule has 1 heterocycles. The van der Waals surface area contributed by atoms with Crippen LogP contribution in [0.5, 0.6) is 0 Å². The maximum absolute atomic E-state index is 11.6.